The van der Waals surface area contributed by atoms with Gasteiger partial charge in [-0.05, 0) is 24.8 Å². The Kier molecular flexibility index (Phi) is 8.32. The van der Waals surface area contributed by atoms with E-state index >= 15 is 0 Å². The van der Waals surface area contributed by atoms with E-state index in [9.17, 15) is 25.5 Å². The van der Waals surface area contributed by atoms with Crippen LogP contribution in [0.1, 0.15) is 55.4 Å². The van der Waals surface area contributed by atoms with Crippen molar-refractivity contribution >= 4 is 0 Å². The Labute approximate surface area is 165 Å². The lowest BCUT2D eigenvalue weighted by Crippen LogP contribution is -2.12. The van der Waals surface area contributed by atoms with Crippen LogP contribution < -0.4 is 4.74 Å². The topological polar surface area (TPSA) is 120 Å². The zero-order valence-corrected chi connectivity index (χ0v) is 16.4. The van der Waals surface area contributed by atoms with Crippen molar-refractivity contribution in [1.82, 2.24) is 0 Å². The molecule has 7 heteroatoms. The predicted octanol–water partition coefficient (Wildman–Crippen LogP) is 2.36. The number of aliphatic hydroxyl groups excluding tert-OH is 4. The molecule has 0 aromatic heterocycles. The Morgan fingerprint density at radius 2 is 1.43 bits per heavy atom. The highest BCUT2D eigenvalue weighted by Crippen LogP contribution is 2.39. The fourth-order valence-corrected chi connectivity index (χ4v) is 3.36. The van der Waals surface area contributed by atoms with E-state index in [1.54, 1.807) is 0 Å². The molecule has 0 aliphatic heterocycles. The number of hydrogen-bond acceptors (Lipinski definition) is 7. The molecule has 0 bridgehead atoms. The first-order valence-corrected chi connectivity index (χ1v) is 9.49. The number of benzene rings is 1. The van der Waals surface area contributed by atoms with Crippen molar-refractivity contribution < 1.29 is 35.0 Å². The van der Waals surface area contributed by atoms with Gasteiger partial charge in [0.25, 0.3) is 0 Å². The highest BCUT2D eigenvalue weighted by Gasteiger charge is 2.23. The van der Waals surface area contributed by atoms with Crippen molar-refractivity contribution in [2.75, 3.05) is 6.79 Å². The average Bonchev–Trinajstić information content (AvgIpc) is 2.73. The molecule has 2 rings (SSSR count). The second-order valence-electron chi connectivity index (χ2n) is 6.81. The number of allylic oxidation sites excluding steroid dienone is 4. The molecule has 1 atom stereocenters. The van der Waals surface area contributed by atoms with Crippen molar-refractivity contribution in [1.29, 1.82) is 0 Å². The molecule has 5 N–H and O–H groups in total. The first kappa shape index (κ1) is 22.2. The SMILES string of the molecule is CCC(C)C1=CC=C(OCOc2c(CO)c(CO)c(O)c(CO)c2CO)CC1. The van der Waals surface area contributed by atoms with Gasteiger partial charge in [-0.25, -0.2) is 0 Å². The monoisotopic (exact) mass is 394 g/mol. The third kappa shape index (κ3) is 4.67. The summed E-state index contributed by atoms with van der Waals surface area (Å²) in [5.41, 5.74) is 1.80. The predicted molar refractivity (Wildman–Crippen MR) is 103 cm³/mol. The molecule has 0 heterocycles. The maximum Gasteiger partial charge on any atom is 0.230 e. The van der Waals surface area contributed by atoms with E-state index in [1.165, 1.54) is 5.57 Å². The molecule has 0 spiro atoms. The summed E-state index contributed by atoms with van der Waals surface area (Å²) in [7, 11) is 0. The number of aliphatic hydroxyl groups is 4. The van der Waals surface area contributed by atoms with Crippen LogP contribution in [0, 0.1) is 5.92 Å². The lowest BCUT2D eigenvalue weighted by atomic mass is 9.91. The fourth-order valence-electron chi connectivity index (χ4n) is 3.36. The number of ether oxygens (including phenoxy) is 2. The van der Waals surface area contributed by atoms with Gasteiger partial charge in [-0.3, -0.25) is 0 Å². The van der Waals surface area contributed by atoms with Gasteiger partial charge in [0.1, 0.15) is 17.3 Å². The molecule has 7 nitrogen and oxygen atoms in total. The van der Waals surface area contributed by atoms with Crippen LogP contribution in [-0.2, 0) is 31.2 Å². The lowest BCUT2D eigenvalue weighted by molar-refractivity contribution is 0.0521. The van der Waals surface area contributed by atoms with Crippen LogP contribution in [0.15, 0.2) is 23.5 Å². The minimum Gasteiger partial charge on any atom is -0.507 e. The molecule has 0 fully saturated rings. The van der Waals surface area contributed by atoms with Gasteiger partial charge in [0.15, 0.2) is 0 Å². The third-order valence-corrected chi connectivity index (χ3v) is 5.32. The molecule has 0 saturated heterocycles. The first-order valence-electron chi connectivity index (χ1n) is 9.49. The summed E-state index contributed by atoms with van der Waals surface area (Å²) < 4.78 is 11.3. The lowest BCUT2D eigenvalue weighted by Gasteiger charge is -2.22. The zero-order chi connectivity index (χ0) is 20.7. The molecule has 0 amide bonds. The quantitative estimate of drug-likeness (QED) is 0.387. The number of rotatable bonds is 10. The Morgan fingerprint density at radius 3 is 1.86 bits per heavy atom. The average molecular weight is 394 g/mol. The van der Waals surface area contributed by atoms with E-state index in [0.29, 0.717) is 5.92 Å². The van der Waals surface area contributed by atoms with Gasteiger partial charge in [0.05, 0.1) is 26.4 Å². The largest absolute Gasteiger partial charge is 0.507 e. The van der Waals surface area contributed by atoms with E-state index in [0.717, 1.165) is 25.0 Å². The smallest absolute Gasteiger partial charge is 0.230 e. The van der Waals surface area contributed by atoms with Gasteiger partial charge in [0.2, 0.25) is 6.79 Å². The summed E-state index contributed by atoms with van der Waals surface area (Å²) in [4.78, 5) is 0. The fraction of sp³-hybridized carbons (Fsp3) is 0.524. The van der Waals surface area contributed by atoms with Crippen molar-refractivity contribution in [2.24, 2.45) is 5.92 Å². The van der Waals surface area contributed by atoms with E-state index in [4.69, 9.17) is 9.47 Å². The number of phenols is 1. The molecule has 1 aliphatic rings. The van der Waals surface area contributed by atoms with Crippen molar-refractivity contribution in [2.45, 2.75) is 59.5 Å². The standard InChI is InChI=1S/C21H30O7/c1-3-13(2)14-4-6-15(7-5-14)27-12-28-21-18(10-24)16(8-22)20(26)17(9-23)19(21)11-25/h4,6,13,22-26H,3,5,7-12H2,1-2H3. The van der Waals surface area contributed by atoms with Crippen molar-refractivity contribution in [3.63, 3.8) is 0 Å². The van der Waals surface area contributed by atoms with E-state index in [1.807, 2.05) is 6.08 Å². The minimum absolute atomic E-state index is 0.0526. The summed E-state index contributed by atoms with van der Waals surface area (Å²) >= 11 is 0. The van der Waals surface area contributed by atoms with Gasteiger partial charge >= 0.3 is 0 Å². The van der Waals surface area contributed by atoms with Crippen LogP contribution in [0.4, 0.5) is 0 Å². The molecule has 1 aromatic rings. The van der Waals surface area contributed by atoms with Crippen LogP contribution >= 0.6 is 0 Å². The van der Waals surface area contributed by atoms with Crippen LogP contribution in [0.3, 0.4) is 0 Å². The first-order chi connectivity index (χ1) is 13.5. The normalized spacial score (nSPS) is 15.1. The van der Waals surface area contributed by atoms with Crippen LogP contribution in [0.25, 0.3) is 0 Å². The number of aromatic hydroxyl groups is 1. The van der Waals surface area contributed by atoms with Gasteiger partial charge in [0, 0.05) is 28.7 Å². The molecule has 0 saturated carbocycles. The summed E-state index contributed by atoms with van der Waals surface area (Å²) in [5, 5.41) is 48.7. The van der Waals surface area contributed by atoms with Crippen molar-refractivity contribution in [3.05, 3.63) is 45.7 Å². The van der Waals surface area contributed by atoms with Crippen LogP contribution in [0.2, 0.25) is 0 Å². The van der Waals surface area contributed by atoms with Gasteiger partial charge in [-0.15, -0.1) is 0 Å². The molecule has 156 valence electrons. The molecule has 1 aliphatic carbocycles. The number of hydrogen-bond donors (Lipinski definition) is 5. The summed E-state index contributed by atoms with van der Waals surface area (Å²) in [6.07, 6.45) is 6.77. The van der Waals surface area contributed by atoms with E-state index in [2.05, 4.69) is 19.9 Å². The zero-order valence-electron chi connectivity index (χ0n) is 16.4. The molecule has 1 aromatic carbocycles. The maximum absolute atomic E-state index is 10.2. The molecular weight excluding hydrogens is 364 g/mol. The Bertz CT molecular complexity index is 704. The highest BCUT2D eigenvalue weighted by molar-refractivity contribution is 5.58. The highest BCUT2D eigenvalue weighted by atomic mass is 16.7. The molecule has 0 radical (unpaired) electrons. The van der Waals surface area contributed by atoms with Crippen molar-refractivity contribution in [3.8, 4) is 11.5 Å². The Balaban J connectivity index is 2.20. The summed E-state index contributed by atoms with van der Waals surface area (Å²) in [6.45, 7) is 2.06. The molecule has 1 unspecified atom stereocenters. The van der Waals surface area contributed by atoms with E-state index in [-0.39, 0.29) is 40.5 Å². The molecule has 28 heavy (non-hydrogen) atoms. The summed E-state index contributed by atoms with van der Waals surface area (Å²) in [5.74, 6) is 1.05. The van der Waals surface area contributed by atoms with Crippen LogP contribution in [0.5, 0.6) is 11.5 Å². The second-order valence-corrected chi connectivity index (χ2v) is 6.81. The van der Waals surface area contributed by atoms with Gasteiger partial charge < -0.3 is 35.0 Å². The van der Waals surface area contributed by atoms with Gasteiger partial charge in [-0.2, -0.15) is 0 Å². The van der Waals surface area contributed by atoms with E-state index < -0.39 is 26.4 Å². The second kappa shape index (κ2) is 10.5. The van der Waals surface area contributed by atoms with Gasteiger partial charge in [-0.1, -0.05) is 25.5 Å². The maximum atomic E-state index is 10.2. The molecular formula is C21H30O7. The Morgan fingerprint density at radius 1 is 0.857 bits per heavy atom. The summed E-state index contributed by atoms with van der Waals surface area (Å²) in [6, 6.07) is 0. The minimum atomic E-state index is -0.550. The van der Waals surface area contributed by atoms with Crippen LogP contribution in [-0.4, -0.2) is 32.3 Å². The Hall–Kier alpha value is -2.06. The third-order valence-electron chi connectivity index (χ3n) is 5.32.